The van der Waals surface area contributed by atoms with Gasteiger partial charge in [0.2, 0.25) is 0 Å². The third-order valence-electron chi connectivity index (χ3n) is 3.31. The Morgan fingerprint density at radius 2 is 2.05 bits per heavy atom. The molecule has 3 heteroatoms. The smallest absolute Gasteiger partial charge is 0.0600 e. The largest absolute Gasteiger partial charge is 0.399 e. The van der Waals surface area contributed by atoms with Crippen LogP contribution in [0.15, 0.2) is 24.3 Å². The monoisotopic (exact) mass is 262 g/mol. The Bertz CT molecular complexity index is 407. The second-order valence-electron chi connectivity index (χ2n) is 6.41. The predicted octanol–water partition coefficient (Wildman–Crippen LogP) is 3.05. The second kappa shape index (κ2) is 5.93. The van der Waals surface area contributed by atoms with E-state index in [0.717, 1.165) is 31.4 Å². The molecule has 19 heavy (non-hydrogen) atoms. The van der Waals surface area contributed by atoms with Crippen LogP contribution in [0.2, 0.25) is 0 Å². The Kier molecular flexibility index (Phi) is 4.48. The minimum atomic E-state index is -0.0492. The van der Waals surface area contributed by atoms with Crippen molar-refractivity contribution in [2.24, 2.45) is 0 Å². The first-order valence-corrected chi connectivity index (χ1v) is 7.16. The molecule has 1 aliphatic carbocycles. The van der Waals surface area contributed by atoms with Crippen LogP contribution in [0.1, 0.15) is 39.2 Å². The first-order chi connectivity index (χ1) is 8.94. The summed E-state index contributed by atoms with van der Waals surface area (Å²) in [6.07, 6.45) is 2.63. The van der Waals surface area contributed by atoms with Crippen molar-refractivity contribution in [3.05, 3.63) is 29.8 Å². The maximum Gasteiger partial charge on any atom is 0.0600 e. The summed E-state index contributed by atoms with van der Waals surface area (Å²) >= 11 is 0. The minimum Gasteiger partial charge on any atom is -0.399 e. The number of hydrogen-bond donors (Lipinski definition) is 1. The van der Waals surface area contributed by atoms with Crippen LogP contribution in [-0.2, 0) is 11.3 Å². The van der Waals surface area contributed by atoms with Crippen LogP contribution in [0.25, 0.3) is 0 Å². The van der Waals surface area contributed by atoms with Gasteiger partial charge in [-0.2, -0.15) is 0 Å². The van der Waals surface area contributed by atoms with Crippen molar-refractivity contribution in [3.63, 3.8) is 0 Å². The highest BCUT2D eigenvalue weighted by Crippen LogP contribution is 2.28. The number of rotatable bonds is 6. The van der Waals surface area contributed by atoms with Gasteiger partial charge in [-0.1, -0.05) is 12.1 Å². The Morgan fingerprint density at radius 3 is 2.63 bits per heavy atom. The first kappa shape index (κ1) is 14.4. The molecule has 2 rings (SSSR count). The Hall–Kier alpha value is -1.06. The molecule has 0 heterocycles. The van der Waals surface area contributed by atoms with Gasteiger partial charge in [0.25, 0.3) is 0 Å². The average Bonchev–Trinajstić information content (AvgIpc) is 3.10. The third-order valence-corrected chi connectivity index (χ3v) is 3.31. The summed E-state index contributed by atoms with van der Waals surface area (Å²) in [6, 6.07) is 8.93. The van der Waals surface area contributed by atoms with E-state index in [2.05, 4.69) is 37.8 Å². The van der Waals surface area contributed by atoms with E-state index in [1.54, 1.807) is 0 Å². The molecule has 0 saturated heterocycles. The van der Waals surface area contributed by atoms with Crippen LogP contribution in [0, 0.1) is 0 Å². The SMILES string of the molecule is CC(C)(C)OCCN(Cc1cccc(N)c1)C1CC1. The maximum absolute atomic E-state index is 5.84. The van der Waals surface area contributed by atoms with Crippen LogP contribution in [0.5, 0.6) is 0 Å². The molecule has 0 aromatic heterocycles. The lowest BCUT2D eigenvalue weighted by Crippen LogP contribution is -2.32. The van der Waals surface area contributed by atoms with Crippen LogP contribution < -0.4 is 5.73 Å². The molecule has 0 amide bonds. The number of nitrogen functional groups attached to an aromatic ring is 1. The molecule has 0 unspecified atom stereocenters. The topological polar surface area (TPSA) is 38.5 Å². The number of ether oxygens (including phenoxy) is 1. The van der Waals surface area contributed by atoms with Crippen molar-refractivity contribution in [1.29, 1.82) is 0 Å². The highest BCUT2D eigenvalue weighted by molar-refractivity contribution is 5.40. The second-order valence-corrected chi connectivity index (χ2v) is 6.41. The zero-order chi connectivity index (χ0) is 13.9. The van der Waals surface area contributed by atoms with Gasteiger partial charge in [0.1, 0.15) is 0 Å². The van der Waals surface area contributed by atoms with Crippen LogP contribution >= 0.6 is 0 Å². The van der Waals surface area contributed by atoms with Crippen molar-refractivity contribution >= 4 is 5.69 Å². The average molecular weight is 262 g/mol. The normalized spacial score (nSPS) is 16.0. The van der Waals surface area contributed by atoms with Crippen molar-refractivity contribution in [2.75, 3.05) is 18.9 Å². The van der Waals surface area contributed by atoms with E-state index in [0.29, 0.717) is 0 Å². The molecule has 1 aliphatic rings. The van der Waals surface area contributed by atoms with Gasteiger partial charge in [-0.05, 0) is 51.3 Å². The van der Waals surface area contributed by atoms with E-state index in [-0.39, 0.29) is 5.60 Å². The van der Waals surface area contributed by atoms with Gasteiger partial charge < -0.3 is 10.5 Å². The summed E-state index contributed by atoms with van der Waals surface area (Å²) in [5.41, 5.74) is 7.93. The van der Waals surface area contributed by atoms with Crippen molar-refractivity contribution in [1.82, 2.24) is 4.90 Å². The summed E-state index contributed by atoms with van der Waals surface area (Å²) in [4.78, 5) is 2.51. The molecule has 1 aromatic carbocycles. The van der Waals surface area contributed by atoms with E-state index >= 15 is 0 Å². The minimum absolute atomic E-state index is 0.0492. The molecule has 106 valence electrons. The zero-order valence-corrected chi connectivity index (χ0v) is 12.4. The van der Waals surface area contributed by atoms with E-state index < -0.39 is 0 Å². The standard InChI is InChI=1S/C16H26N2O/c1-16(2,3)19-10-9-18(15-7-8-15)12-13-5-4-6-14(17)11-13/h4-6,11,15H,7-10,12,17H2,1-3H3. The van der Waals surface area contributed by atoms with Crippen molar-refractivity contribution in [3.8, 4) is 0 Å². The number of hydrogen-bond acceptors (Lipinski definition) is 3. The molecule has 1 fully saturated rings. The Labute approximate surface area is 116 Å². The molecule has 0 spiro atoms. The summed E-state index contributed by atoms with van der Waals surface area (Å²) < 4.78 is 5.83. The molecule has 1 saturated carbocycles. The number of nitrogens with zero attached hydrogens (tertiary/aromatic N) is 1. The van der Waals surface area contributed by atoms with E-state index in [1.807, 2.05) is 12.1 Å². The van der Waals surface area contributed by atoms with Gasteiger partial charge in [0.05, 0.1) is 12.2 Å². The summed E-state index contributed by atoms with van der Waals surface area (Å²) in [5.74, 6) is 0. The van der Waals surface area contributed by atoms with E-state index in [4.69, 9.17) is 10.5 Å². The fourth-order valence-electron chi connectivity index (χ4n) is 2.23. The molecule has 0 bridgehead atoms. The molecular formula is C16H26N2O. The van der Waals surface area contributed by atoms with Gasteiger partial charge in [-0.3, -0.25) is 4.90 Å². The first-order valence-electron chi connectivity index (χ1n) is 7.16. The molecule has 0 aliphatic heterocycles. The molecule has 1 aromatic rings. The van der Waals surface area contributed by atoms with Gasteiger partial charge >= 0.3 is 0 Å². The number of anilines is 1. The molecule has 0 atom stereocenters. The van der Waals surface area contributed by atoms with Gasteiger partial charge in [0, 0.05) is 24.8 Å². The third kappa shape index (κ3) is 5.21. The predicted molar refractivity (Wildman–Crippen MR) is 80.0 cm³/mol. The lowest BCUT2D eigenvalue weighted by molar-refractivity contribution is -0.0148. The summed E-state index contributed by atoms with van der Waals surface area (Å²) in [6.45, 7) is 9.08. The van der Waals surface area contributed by atoms with Crippen LogP contribution in [0.4, 0.5) is 5.69 Å². The fourth-order valence-corrected chi connectivity index (χ4v) is 2.23. The molecule has 3 nitrogen and oxygen atoms in total. The Morgan fingerprint density at radius 1 is 1.32 bits per heavy atom. The zero-order valence-electron chi connectivity index (χ0n) is 12.4. The lowest BCUT2D eigenvalue weighted by Gasteiger charge is -2.25. The molecular weight excluding hydrogens is 236 g/mol. The van der Waals surface area contributed by atoms with Gasteiger partial charge in [-0.25, -0.2) is 0 Å². The summed E-state index contributed by atoms with van der Waals surface area (Å²) in [5, 5.41) is 0. The molecule has 2 N–H and O–H groups in total. The highest BCUT2D eigenvalue weighted by atomic mass is 16.5. The maximum atomic E-state index is 5.84. The Balaban J connectivity index is 1.86. The van der Waals surface area contributed by atoms with Crippen molar-refractivity contribution < 1.29 is 4.74 Å². The lowest BCUT2D eigenvalue weighted by atomic mass is 10.2. The highest BCUT2D eigenvalue weighted by Gasteiger charge is 2.28. The van der Waals surface area contributed by atoms with Crippen molar-refractivity contribution in [2.45, 2.75) is 51.8 Å². The van der Waals surface area contributed by atoms with Gasteiger partial charge in [-0.15, -0.1) is 0 Å². The van der Waals surface area contributed by atoms with Gasteiger partial charge in [0.15, 0.2) is 0 Å². The van der Waals surface area contributed by atoms with E-state index in [1.165, 1.54) is 18.4 Å². The number of nitrogens with two attached hydrogens (primary N) is 1. The van der Waals surface area contributed by atoms with E-state index in [9.17, 15) is 0 Å². The summed E-state index contributed by atoms with van der Waals surface area (Å²) in [7, 11) is 0. The van der Waals surface area contributed by atoms with Crippen LogP contribution in [-0.4, -0.2) is 29.7 Å². The quantitative estimate of drug-likeness (QED) is 0.801. The molecule has 0 radical (unpaired) electrons. The fraction of sp³-hybridized carbons (Fsp3) is 0.625. The number of benzene rings is 1. The van der Waals surface area contributed by atoms with Crippen LogP contribution in [0.3, 0.4) is 0 Å².